The second-order valence-electron chi connectivity index (χ2n) is 15.4. The average Bonchev–Trinajstić information content (AvgIpc) is 3.61. The van der Waals surface area contributed by atoms with E-state index < -0.39 is 9.84 Å². The van der Waals surface area contributed by atoms with Gasteiger partial charge in [-0.3, -0.25) is 0 Å². The van der Waals surface area contributed by atoms with Crippen LogP contribution in [0.2, 0.25) is 0 Å². The van der Waals surface area contributed by atoms with Gasteiger partial charge in [0.15, 0.2) is 0 Å². The zero-order valence-electron chi connectivity index (χ0n) is 31.6. The molecular formula is C54H37NO2S. The maximum absolute atomic E-state index is 13.2. The quantitative estimate of drug-likeness (QED) is 0.169. The minimum absolute atomic E-state index is 0.298. The highest BCUT2D eigenvalue weighted by Gasteiger charge is 2.21. The molecule has 1 aliphatic carbocycles. The third-order valence-electron chi connectivity index (χ3n) is 11.9. The van der Waals surface area contributed by atoms with Crippen molar-refractivity contribution >= 4 is 42.4 Å². The van der Waals surface area contributed by atoms with E-state index >= 15 is 0 Å². The summed E-state index contributed by atoms with van der Waals surface area (Å²) in [5, 5.41) is 4.89. The Morgan fingerprint density at radius 1 is 0.345 bits per heavy atom. The zero-order chi connectivity index (χ0) is 38.8. The molecule has 276 valence electrons. The van der Waals surface area contributed by atoms with Crippen molar-refractivity contribution in [1.29, 1.82) is 0 Å². The van der Waals surface area contributed by atoms with Crippen molar-refractivity contribution in [1.82, 2.24) is 4.57 Å². The molecule has 0 unspecified atom stereocenters. The maximum atomic E-state index is 13.2. The number of fused-ring (bicyclic) bond motifs is 6. The van der Waals surface area contributed by atoms with Gasteiger partial charge >= 0.3 is 0 Å². The van der Waals surface area contributed by atoms with E-state index in [1.165, 1.54) is 82.8 Å². The summed E-state index contributed by atoms with van der Waals surface area (Å²) in [5.41, 5.74) is 15.9. The topological polar surface area (TPSA) is 39.1 Å². The van der Waals surface area contributed by atoms with Crippen LogP contribution in [0, 0.1) is 0 Å². The van der Waals surface area contributed by atoms with Gasteiger partial charge < -0.3 is 4.57 Å². The molecule has 1 heterocycles. The van der Waals surface area contributed by atoms with Gasteiger partial charge in [-0.2, -0.15) is 0 Å². The highest BCUT2D eigenvalue weighted by atomic mass is 32.2. The van der Waals surface area contributed by atoms with E-state index in [2.05, 4.69) is 150 Å². The lowest BCUT2D eigenvalue weighted by atomic mass is 9.84. The molecule has 1 aromatic heterocycles. The van der Waals surface area contributed by atoms with Crippen molar-refractivity contribution in [3.63, 3.8) is 0 Å². The predicted octanol–water partition coefficient (Wildman–Crippen LogP) is 13.3. The van der Waals surface area contributed by atoms with Crippen molar-refractivity contribution < 1.29 is 8.42 Å². The first-order chi connectivity index (χ1) is 28.5. The first-order valence-electron chi connectivity index (χ1n) is 19.7. The monoisotopic (exact) mass is 763 g/mol. The van der Waals surface area contributed by atoms with E-state index in [-0.39, 0.29) is 0 Å². The lowest BCUT2D eigenvalue weighted by Crippen LogP contribution is -2.08. The molecule has 0 atom stereocenters. The Morgan fingerprint density at radius 3 is 1.43 bits per heavy atom. The zero-order valence-corrected chi connectivity index (χ0v) is 32.5. The standard InChI is InChI=1S/C54H37NO2S/c56-58(57,49-14-8-3-9-15-49)50-24-19-38(20-25-50)39-16-17-40-29-46-32-47-33-48(23-18-41(47)30-45(46)31-44(40)28-39)55-53-26-21-42(36-10-4-1-5-11-36)34-51(53)52-35-43(22-27-54(52)55)37-12-6-2-7-13-37/h1-29,31,33-35H,30,32H2. The Bertz CT molecular complexity index is 3220. The smallest absolute Gasteiger partial charge is 0.206 e. The summed E-state index contributed by atoms with van der Waals surface area (Å²) in [6.45, 7) is 0. The molecule has 3 nitrogen and oxygen atoms in total. The summed E-state index contributed by atoms with van der Waals surface area (Å²) in [7, 11) is -3.57. The minimum Gasteiger partial charge on any atom is -0.309 e. The summed E-state index contributed by atoms with van der Waals surface area (Å²) in [5.74, 6) is 0. The lowest BCUT2D eigenvalue weighted by Gasteiger charge is -2.22. The second kappa shape index (κ2) is 13.6. The minimum atomic E-state index is -3.57. The van der Waals surface area contributed by atoms with E-state index in [1.807, 2.05) is 18.2 Å². The number of hydrogen-bond donors (Lipinski definition) is 0. The van der Waals surface area contributed by atoms with Crippen molar-refractivity contribution in [3.05, 3.63) is 222 Å². The Kier molecular flexibility index (Phi) is 8.02. The fourth-order valence-electron chi connectivity index (χ4n) is 8.88. The van der Waals surface area contributed by atoms with Crippen LogP contribution in [0.3, 0.4) is 0 Å². The van der Waals surface area contributed by atoms with Gasteiger partial charge in [0.25, 0.3) is 0 Å². The second-order valence-corrected chi connectivity index (χ2v) is 17.3. The SMILES string of the molecule is O=S(=O)(c1ccccc1)c1ccc(-c2ccc3cc4c(cc3c2)Cc2ccc(-n3c5ccc(-c6ccccc6)cc5c5cc(-c6ccccc6)ccc53)cc2C4)cc1. The van der Waals surface area contributed by atoms with Crippen molar-refractivity contribution in [2.24, 2.45) is 0 Å². The molecule has 0 radical (unpaired) electrons. The Labute approximate surface area is 338 Å². The summed E-state index contributed by atoms with van der Waals surface area (Å²) < 4.78 is 28.8. The largest absolute Gasteiger partial charge is 0.309 e. The molecule has 0 fully saturated rings. The van der Waals surface area contributed by atoms with Gasteiger partial charge in [0.2, 0.25) is 9.84 Å². The van der Waals surface area contributed by atoms with Crippen LogP contribution in [0.4, 0.5) is 0 Å². The Balaban J connectivity index is 0.940. The highest BCUT2D eigenvalue weighted by Crippen LogP contribution is 2.39. The lowest BCUT2D eigenvalue weighted by molar-refractivity contribution is 0.596. The van der Waals surface area contributed by atoms with Crippen LogP contribution in [-0.4, -0.2) is 13.0 Å². The summed E-state index contributed by atoms with van der Waals surface area (Å²) in [6, 6.07) is 69.2. The van der Waals surface area contributed by atoms with Gasteiger partial charge in [-0.25, -0.2) is 8.42 Å². The summed E-state index contributed by atoms with van der Waals surface area (Å²) >= 11 is 0. The number of benzene rings is 9. The fraction of sp³-hybridized carbons (Fsp3) is 0.0370. The molecule has 1 aliphatic rings. The molecule has 0 saturated heterocycles. The third-order valence-corrected chi connectivity index (χ3v) is 13.7. The molecule has 0 aliphatic heterocycles. The Morgan fingerprint density at radius 2 is 0.810 bits per heavy atom. The molecular weight excluding hydrogens is 727 g/mol. The highest BCUT2D eigenvalue weighted by molar-refractivity contribution is 7.91. The van der Waals surface area contributed by atoms with Gasteiger partial charge in [0.05, 0.1) is 20.8 Å². The number of sulfone groups is 1. The molecule has 58 heavy (non-hydrogen) atoms. The van der Waals surface area contributed by atoms with Crippen LogP contribution in [0.15, 0.2) is 210 Å². The van der Waals surface area contributed by atoms with E-state index in [4.69, 9.17) is 0 Å². The molecule has 0 spiro atoms. The number of hydrogen-bond acceptors (Lipinski definition) is 2. The average molecular weight is 764 g/mol. The van der Waals surface area contributed by atoms with Crippen LogP contribution in [0.25, 0.3) is 71.6 Å². The van der Waals surface area contributed by atoms with Gasteiger partial charge in [0, 0.05) is 16.5 Å². The van der Waals surface area contributed by atoms with Crippen LogP contribution in [-0.2, 0) is 22.7 Å². The first-order valence-corrected chi connectivity index (χ1v) is 21.2. The van der Waals surface area contributed by atoms with Crippen LogP contribution < -0.4 is 0 Å². The molecule has 9 aromatic carbocycles. The molecule has 0 N–H and O–H groups in total. The fourth-order valence-corrected chi connectivity index (χ4v) is 10.2. The van der Waals surface area contributed by atoms with Crippen molar-refractivity contribution in [3.8, 4) is 39.1 Å². The Hall–Kier alpha value is -7.01. The van der Waals surface area contributed by atoms with Crippen LogP contribution >= 0.6 is 0 Å². The number of nitrogens with zero attached hydrogens (tertiary/aromatic N) is 1. The van der Waals surface area contributed by atoms with E-state index in [1.54, 1.807) is 36.4 Å². The van der Waals surface area contributed by atoms with Gasteiger partial charge in [-0.15, -0.1) is 0 Å². The van der Waals surface area contributed by atoms with E-state index in [9.17, 15) is 8.42 Å². The first kappa shape index (κ1) is 34.3. The molecule has 0 bridgehead atoms. The number of rotatable bonds is 6. The normalized spacial score (nSPS) is 12.5. The van der Waals surface area contributed by atoms with Crippen LogP contribution in [0.1, 0.15) is 22.3 Å². The molecule has 0 saturated carbocycles. The van der Waals surface area contributed by atoms with Gasteiger partial charge in [0.1, 0.15) is 0 Å². The van der Waals surface area contributed by atoms with Crippen molar-refractivity contribution in [2.75, 3.05) is 0 Å². The van der Waals surface area contributed by atoms with E-state index in [0.29, 0.717) is 9.79 Å². The third kappa shape index (κ3) is 5.84. The predicted molar refractivity (Wildman–Crippen MR) is 239 cm³/mol. The summed E-state index contributed by atoms with van der Waals surface area (Å²) in [4.78, 5) is 0.602. The maximum Gasteiger partial charge on any atom is 0.206 e. The van der Waals surface area contributed by atoms with Gasteiger partial charge in [-0.05, 0) is 146 Å². The van der Waals surface area contributed by atoms with Crippen LogP contribution in [0.5, 0.6) is 0 Å². The molecule has 4 heteroatoms. The molecule has 10 aromatic rings. The number of aromatic nitrogens is 1. The molecule has 0 amide bonds. The van der Waals surface area contributed by atoms with E-state index in [0.717, 1.165) is 24.0 Å². The summed E-state index contributed by atoms with van der Waals surface area (Å²) in [6.07, 6.45) is 1.76. The van der Waals surface area contributed by atoms with Gasteiger partial charge in [-0.1, -0.05) is 133 Å². The molecule has 11 rings (SSSR count). The van der Waals surface area contributed by atoms with Crippen molar-refractivity contribution in [2.45, 2.75) is 22.6 Å².